The van der Waals surface area contributed by atoms with Crippen LogP contribution in [0.5, 0.6) is 0 Å². The van der Waals surface area contributed by atoms with E-state index in [0.29, 0.717) is 11.3 Å². The summed E-state index contributed by atoms with van der Waals surface area (Å²) in [5.41, 5.74) is -0.0125. The van der Waals surface area contributed by atoms with E-state index in [4.69, 9.17) is 0 Å². The number of nitrogens with one attached hydrogen (secondary N) is 2. The van der Waals surface area contributed by atoms with Crippen molar-refractivity contribution in [2.24, 2.45) is 0 Å². The Morgan fingerprint density at radius 1 is 1.00 bits per heavy atom. The summed E-state index contributed by atoms with van der Waals surface area (Å²) >= 11 is 0. The van der Waals surface area contributed by atoms with Crippen molar-refractivity contribution in [1.82, 2.24) is 5.32 Å². The molecule has 122 valence electrons. The number of halogens is 4. The quantitative estimate of drug-likeness (QED) is 0.825. The number of benzene rings is 2. The lowest BCUT2D eigenvalue weighted by Gasteiger charge is -2.10. The molecule has 0 unspecified atom stereocenters. The summed E-state index contributed by atoms with van der Waals surface area (Å²) in [6.45, 7) is -0.0833. The summed E-state index contributed by atoms with van der Waals surface area (Å²) in [4.78, 5) is 11.7. The van der Waals surface area contributed by atoms with E-state index in [1.54, 1.807) is 18.2 Å². The van der Waals surface area contributed by atoms with E-state index < -0.39 is 23.5 Å². The molecule has 0 aliphatic heterocycles. The Hall–Kier alpha value is -2.57. The summed E-state index contributed by atoms with van der Waals surface area (Å²) in [7, 11) is 0. The van der Waals surface area contributed by atoms with E-state index in [1.165, 1.54) is 18.2 Å². The van der Waals surface area contributed by atoms with Gasteiger partial charge in [-0.2, -0.15) is 13.2 Å². The normalized spacial score (nSPS) is 11.1. The minimum Gasteiger partial charge on any atom is -0.376 e. The lowest BCUT2D eigenvalue weighted by Crippen LogP contribution is -2.29. The Labute approximate surface area is 130 Å². The van der Waals surface area contributed by atoms with Crippen LogP contribution in [0.1, 0.15) is 11.1 Å². The van der Waals surface area contributed by atoms with Crippen molar-refractivity contribution < 1.29 is 22.4 Å². The largest absolute Gasteiger partial charge is 0.416 e. The van der Waals surface area contributed by atoms with E-state index in [2.05, 4.69) is 10.6 Å². The zero-order valence-electron chi connectivity index (χ0n) is 12.0. The van der Waals surface area contributed by atoms with Crippen molar-refractivity contribution in [3.05, 3.63) is 65.5 Å². The molecule has 2 N–H and O–H groups in total. The molecule has 0 saturated carbocycles. The molecule has 2 rings (SSSR count). The van der Waals surface area contributed by atoms with Crippen LogP contribution < -0.4 is 10.6 Å². The number of alkyl halides is 3. The van der Waals surface area contributed by atoms with Crippen molar-refractivity contribution in [1.29, 1.82) is 0 Å². The lowest BCUT2D eigenvalue weighted by atomic mass is 10.2. The summed E-state index contributed by atoms with van der Waals surface area (Å²) in [6, 6.07) is 10.4. The Morgan fingerprint density at radius 3 is 2.26 bits per heavy atom. The van der Waals surface area contributed by atoms with E-state index in [9.17, 15) is 22.4 Å². The van der Waals surface area contributed by atoms with Crippen LogP contribution in [0.2, 0.25) is 0 Å². The van der Waals surface area contributed by atoms with Gasteiger partial charge < -0.3 is 10.6 Å². The average Bonchev–Trinajstić information content (AvgIpc) is 2.51. The lowest BCUT2D eigenvalue weighted by molar-refractivity contribution is -0.137. The predicted octanol–water partition coefficient (Wildman–Crippen LogP) is 3.57. The van der Waals surface area contributed by atoms with Crippen LogP contribution in [-0.4, -0.2) is 12.5 Å². The average molecular weight is 326 g/mol. The fourth-order valence-electron chi connectivity index (χ4n) is 1.86. The molecule has 0 fully saturated rings. The van der Waals surface area contributed by atoms with Gasteiger partial charge in [-0.05, 0) is 30.3 Å². The monoisotopic (exact) mass is 326 g/mol. The molecule has 7 heteroatoms. The Bertz CT molecular complexity index is 669. The number of amides is 1. The van der Waals surface area contributed by atoms with Gasteiger partial charge in [0, 0.05) is 17.8 Å². The second-order valence-electron chi connectivity index (χ2n) is 4.80. The molecular formula is C16H14F4N2O. The van der Waals surface area contributed by atoms with Gasteiger partial charge in [-0.25, -0.2) is 4.39 Å². The van der Waals surface area contributed by atoms with Crippen molar-refractivity contribution >= 4 is 11.6 Å². The Kier molecular flexibility index (Phi) is 5.20. The molecule has 0 aliphatic carbocycles. The van der Waals surface area contributed by atoms with E-state index in [1.807, 2.05) is 0 Å². The minimum atomic E-state index is -4.39. The molecule has 0 heterocycles. The van der Waals surface area contributed by atoms with Crippen molar-refractivity contribution in [3.63, 3.8) is 0 Å². The molecular weight excluding hydrogens is 312 g/mol. The van der Waals surface area contributed by atoms with E-state index in [-0.39, 0.29) is 13.1 Å². The fraction of sp³-hybridized carbons (Fsp3) is 0.188. The zero-order chi connectivity index (χ0) is 16.9. The van der Waals surface area contributed by atoms with Crippen LogP contribution in [0.15, 0.2) is 48.5 Å². The van der Waals surface area contributed by atoms with Gasteiger partial charge in [-0.3, -0.25) is 4.79 Å². The second-order valence-corrected chi connectivity index (χ2v) is 4.80. The van der Waals surface area contributed by atoms with Crippen LogP contribution in [0.4, 0.5) is 23.2 Å². The van der Waals surface area contributed by atoms with Gasteiger partial charge in [-0.1, -0.05) is 18.2 Å². The third kappa shape index (κ3) is 4.98. The van der Waals surface area contributed by atoms with Gasteiger partial charge in [0.25, 0.3) is 0 Å². The first-order chi connectivity index (χ1) is 10.9. The molecule has 0 atom stereocenters. The molecule has 2 aromatic carbocycles. The molecule has 0 aliphatic rings. The van der Waals surface area contributed by atoms with Crippen molar-refractivity contribution in [2.75, 3.05) is 11.9 Å². The SMILES string of the molecule is O=C(CNc1ccc(C(F)(F)F)cc1)NCc1ccccc1F. The number of rotatable bonds is 5. The highest BCUT2D eigenvalue weighted by Gasteiger charge is 2.29. The number of hydrogen-bond acceptors (Lipinski definition) is 2. The summed E-state index contributed by atoms with van der Waals surface area (Å²) in [6.07, 6.45) is -4.39. The summed E-state index contributed by atoms with van der Waals surface area (Å²) in [5.74, 6) is -0.809. The van der Waals surface area contributed by atoms with Gasteiger partial charge in [0.05, 0.1) is 12.1 Å². The standard InChI is InChI=1S/C16H14F4N2O/c17-14-4-2-1-3-11(14)9-22-15(23)10-21-13-7-5-12(6-8-13)16(18,19)20/h1-8,21H,9-10H2,(H,22,23). The topological polar surface area (TPSA) is 41.1 Å². The van der Waals surface area contributed by atoms with Crippen LogP contribution in [0, 0.1) is 5.82 Å². The molecule has 0 saturated heterocycles. The van der Waals surface area contributed by atoms with Crippen LogP contribution in [-0.2, 0) is 17.5 Å². The molecule has 3 nitrogen and oxygen atoms in total. The highest BCUT2D eigenvalue weighted by molar-refractivity contribution is 5.80. The maximum atomic E-state index is 13.4. The first kappa shape index (κ1) is 16.8. The smallest absolute Gasteiger partial charge is 0.376 e. The molecule has 2 aromatic rings. The number of carbonyl (C=O) groups is 1. The van der Waals surface area contributed by atoms with Crippen molar-refractivity contribution in [3.8, 4) is 0 Å². The molecule has 0 aromatic heterocycles. The Morgan fingerprint density at radius 2 is 1.65 bits per heavy atom. The fourth-order valence-corrected chi connectivity index (χ4v) is 1.86. The maximum Gasteiger partial charge on any atom is 0.416 e. The summed E-state index contributed by atoms with van der Waals surface area (Å²) < 4.78 is 50.6. The number of hydrogen-bond donors (Lipinski definition) is 2. The Balaban J connectivity index is 1.81. The van der Waals surface area contributed by atoms with Crippen LogP contribution in [0.3, 0.4) is 0 Å². The molecule has 0 bridgehead atoms. The van der Waals surface area contributed by atoms with Gasteiger partial charge in [-0.15, -0.1) is 0 Å². The summed E-state index contributed by atoms with van der Waals surface area (Å²) in [5, 5.41) is 5.23. The molecule has 0 radical (unpaired) electrons. The highest BCUT2D eigenvalue weighted by atomic mass is 19.4. The number of carbonyl (C=O) groups excluding carboxylic acids is 1. The zero-order valence-corrected chi connectivity index (χ0v) is 12.0. The first-order valence-electron chi connectivity index (χ1n) is 6.77. The highest BCUT2D eigenvalue weighted by Crippen LogP contribution is 2.29. The third-order valence-corrected chi connectivity index (χ3v) is 3.10. The molecule has 0 spiro atoms. The first-order valence-corrected chi connectivity index (χ1v) is 6.77. The van der Waals surface area contributed by atoms with Gasteiger partial charge >= 0.3 is 6.18 Å². The van der Waals surface area contributed by atoms with E-state index in [0.717, 1.165) is 12.1 Å². The number of anilines is 1. The molecule has 1 amide bonds. The van der Waals surface area contributed by atoms with Gasteiger partial charge in [0.1, 0.15) is 5.82 Å². The second kappa shape index (κ2) is 7.13. The maximum absolute atomic E-state index is 13.4. The van der Waals surface area contributed by atoms with E-state index >= 15 is 0 Å². The van der Waals surface area contributed by atoms with Gasteiger partial charge in [0.2, 0.25) is 5.91 Å². The predicted molar refractivity (Wildman–Crippen MR) is 78.2 cm³/mol. The van der Waals surface area contributed by atoms with Crippen LogP contribution in [0.25, 0.3) is 0 Å². The molecule has 23 heavy (non-hydrogen) atoms. The third-order valence-electron chi connectivity index (χ3n) is 3.10. The van der Waals surface area contributed by atoms with Crippen molar-refractivity contribution in [2.45, 2.75) is 12.7 Å². The van der Waals surface area contributed by atoms with Gasteiger partial charge in [0.15, 0.2) is 0 Å². The minimum absolute atomic E-state index is 0.0419. The van der Waals surface area contributed by atoms with Crippen LogP contribution >= 0.6 is 0 Å².